The van der Waals surface area contributed by atoms with Crippen LogP contribution in [0.25, 0.3) is 0 Å². The van der Waals surface area contributed by atoms with Crippen LogP contribution in [0.3, 0.4) is 0 Å². The third-order valence-electron chi connectivity index (χ3n) is 4.98. The molecule has 0 heterocycles. The molecule has 0 N–H and O–H groups in total. The van der Waals surface area contributed by atoms with Gasteiger partial charge in [0.2, 0.25) is 0 Å². The van der Waals surface area contributed by atoms with Crippen LogP contribution in [-0.4, -0.2) is 31.3 Å². The second kappa shape index (κ2) is 12.3. The highest BCUT2D eigenvalue weighted by molar-refractivity contribution is 5.69. The van der Waals surface area contributed by atoms with Crippen molar-refractivity contribution in [2.75, 3.05) is 7.11 Å². The Kier molecular flexibility index (Phi) is 9.83. The van der Waals surface area contributed by atoms with Crippen LogP contribution in [0.5, 0.6) is 5.75 Å². The number of hydrogen-bond donors (Lipinski definition) is 0. The first kappa shape index (κ1) is 27.1. The summed E-state index contributed by atoms with van der Waals surface area (Å²) in [5, 5.41) is 0. The lowest BCUT2D eigenvalue weighted by Gasteiger charge is -2.22. The fourth-order valence-electron chi connectivity index (χ4n) is 3.11. The first-order chi connectivity index (χ1) is 16.0. The van der Waals surface area contributed by atoms with Crippen LogP contribution >= 0.6 is 0 Å². The van der Waals surface area contributed by atoms with Gasteiger partial charge in [-0.1, -0.05) is 42.5 Å². The van der Waals surface area contributed by atoms with Crippen molar-refractivity contribution in [3.63, 3.8) is 0 Å². The van der Waals surface area contributed by atoms with E-state index in [9.17, 15) is 31.5 Å². The van der Waals surface area contributed by atoms with E-state index in [1.165, 1.54) is 19.2 Å². The lowest BCUT2D eigenvalue weighted by Crippen LogP contribution is -2.36. The number of alkyl halides is 5. The molecule has 0 saturated heterocycles. The number of rotatable bonds is 11. The molecule has 1 atom stereocenters. The van der Waals surface area contributed by atoms with Crippen LogP contribution in [0.2, 0.25) is 0 Å². The minimum Gasteiger partial charge on any atom is -0.469 e. The number of halogens is 5. The number of methoxy groups -OCH3 is 1. The topological polar surface area (TPSA) is 61.8 Å². The average Bonchev–Trinajstić information content (AvgIpc) is 2.78. The minimum absolute atomic E-state index is 0.191. The number of carbonyl (C=O) groups excluding carboxylic acids is 2. The Balaban J connectivity index is 2.06. The van der Waals surface area contributed by atoms with Gasteiger partial charge >= 0.3 is 24.2 Å². The molecule has 0 aromatic heterocycles. The van der Waals surface area contributed by atoms with Crippen molar-refractivity contribution in [2.24, 2.45) is 0 Å². The van der Waals surface area contributed by atoms with E-state index in [1.807, 2.05) is 0 Å². The summed E-state index contributed by atoms with van der Waals surface area (Å²) in [7, 11) is 1.30. The molecule has 0 unspecified atom stereocenters. The summed E-state index contributed by atoms with van der Waals surface area (Å²) in [5.41, 5.74) is 1.28. The normalized spacial score (nSPS) is 12.6. The lowest BCUT2D eigenvalue weighted by molar-refractivity contribution is -0.284. The van der Waals surface area contributed by atoms with Gasteiger partial charge in [-0.05, 0) is 48.9 Å². The molecule has 0 amide bonds. The van der Waals surface area contributed by atoms with Gasteiger partial charge in [0.1, 0.15) is 11.9 Å². The lowest BCUT2D eigenvalue weighted by atomic mass is 9.99. The molecule has 2 aromatic carbocycles. The predicted octanol–water partition coefficient (Wildman–Crippen LogP) is 6.81. The quantitative estimate of drug-likeness (QED) is 0.198. The molecule has 34 heavy (non-hydrogen) atoms. The van der Waals surface area contributed by atoms with Crippen molar-refractivity contribution in [1.29, 1.82) is 0 Å². The van der Waals surface area contributed by atoms with Crippen molar-refractivity contribution < 1.29 is 45.8 Å². The van der Waals surface area contributed by atoms with Crippen LogP contribution in [0.15, 0.2) is 54.6 Å². The highest BCUT2D eigenvalue weighted by atomic mass is 19.4. The summed E-state index contributed by atoms with van der Waals surface area (Å²) < 4.78 is 78.9. The van der Waals surface area contributed by atoms with E-state index in [0.29, 0.717) is 18.4 Å². The van der Waals surface area contributed by atoms with Crippen LogP contribution in [-0.2, 0) is 20.7 Å². The molecule has 0 aliphatic rings. The fraction of sp³-hybridized carbons (Fsp3) is 0.417. The van der Waals surface area contributed by atoms with Crippen LogP contribution < -0.4 is 4.74 Å². The van der Waals surface area contributed by atoms with Crippen molar-refractivity contribution in [3.05, 3.63) is 65.7 Å². The SMILES string of the molecule is COC(=O)CCCc1ccc([C@H](CCCC(F)(F)C(F)(F)F)OC(=O)Oc2ccccc2)cc1. The fourth-order valence-corrected chi connectivity index (χ4v) is 3.11. The summed E-state index contributed by atoms with van der Waals surface area (Å²) in [4.78, 5) is 23.4. The molecule has 10 heteroatoms. The van der Waals surface area contributed by atoms with Gasteiger partial charge in [-0.15, -0.1) is 0 Å². The summed E-state index contributed by atoms with van der Waals surface area (Å²) in [6.45, 7) is 0. The Hall–Kier alpha value is -3.17. The molecule has 0 radical (unpaired) electrons. The Labute approximate surface area is 193 Å². The zero-order chi connectivity index (χ0) is 25.2. The summed E-state index contributed by atoms with van der Waals surface area (Å²) in [6.07, 6.45) is -8.75. The van der Waals surface area contributed by atoms with Crippen LogP contribution in [0.4, 0.5) is 26.7 Å². The molecule has 0 aliphatic carbocycles. The smallest absolute Gasteiger partial charge is 0.469 e. The Morgan fingerprint density at radius 2 is 1.56 bits per heavy atom. The highest BCUT2D eigenvalue weighted by Crippen LogP contribution is 2.40. The van der Waals surface area contributed by atoms with Crippen molar-refractivity contribution in [1.82, 2.24) is 0 Å². The molecule has 0 saturated carbocycles. The molecular formula is C24H25F5O5. The van der Waals surface area contributed by atoms with Crippen molar-refractivity contribution >= 4 is 12.1 Å². The number of aryl methyl sites for hydroxylation is 1. The third kappa shape index (κ3) is 8.64. The summed E-state index contributed by atoms with van der Waals surface area (Å²) >= 11 is 0. The van der Waals surface area contributed by atoms with Gasteiger partial charge in [0.25, 0.3) is 0 Å². The number of carbonyl (C=O) groups is 2. The zero-order valence-electron chi connectivity index (χ0n) is 18.4. The van der Waals surface area contributed by atoms with Gasteiger partial charge < -0.3 is 14.2 Å². The maximum absolute atomic E-state index is 13.3. The van der Waals surface area contributed by atoms with E-state index < -0.39 is 37.2 Å². The van der Waals surface area contributed by atoms with Crippen LogP contribution in [0, 0.1) is 0 Å². The molecule has 2 rings (SSSR count). The Bertz CT molecular complexity index is 914. The number of para-hydroxylation sites is 1. The molecule has 0 fully saturated rings. The monoisotopic (exact) mass is 488 g/mol. The number of benzene rings is 2. The van der Waals surface area contributed by atoms with E-state index in [4.69, 9.17) is 9.47 Å². The number of hydrogen-bond acceptors (Lipinski definition) is 5. The van der Waals surface area contributed by atoms with Gasteiger partial charge in [0.05, 0.1) is 7.11 Å². The van der Waals surface area contributed by atoms with E-state index in [0.717, 1.165) is 5.56 Å². The van der Waals surface area contributed by atoms with E-state index in [1.54, 1.807) is 42.5 Å². The second-order valence-electron chi connectivity index (χ2n) is 7.54. The Morgan fingerprint density at radius 3 is 2.15 bits per heavy atom. The maximum atomic E-state index is 13.3. The molecule has 2 aromatic rings. The average molecular weight is 488 g/mol. The van der Waals surface area contributed by atoms with E-state index in [2.05, 4.69) is 4.74 Å². The molecule has 0 bridgehead atoms. The molecular weight excluding hydrogens is 463 g/mol. The standard InChI is InChI=1S/C24H25F5O5/c1-32-21(30)11-5-7-17-12-14-18(15-13-17)20(10-6-16-23(25,26)24(27,28)29)34-22(31)33-19-8-3-2-4-9-19/h2-4,8-9,12-15,20H,5-7,10-11,16H2,1H3/t20-/m0/s1. The highest BCUT2D eigenvalue weighted by Gasteiger charge is 2.56. The minimum atomic E-state index is -5.65. The van der Waals surface area contributed by atoms with Gasteiger partial charge in [-0.2, -0.15) is 22.0 Å². The molecule has 5 nitrogen and oxygen atoms in total. The van der Waals surface area contributed by atoms with Crippen LogP contribution in [0.1, 0.15) is 49.3 Å². The summed E-state index contributed by atoms with van der Waals surface area (Å²) in [6, 6.07) is 14.6. The predicted molar refractivity (Wildman–Crippen MR) is 113 cm³/mol. The third-order valence-corrected chi connectivity index (χ3v) is 4.98. The maximum Gasteiger partial charge on any atom is 0.514 e. The number of esters is 1. The molecule has 186 valence electrons. The summed E-state index contributed by atoms with van der Waals surface area (Å²) in [5.74, 6) is -4.99. The largest absolute Gasteiger partial charge is 0.514 e. The molecule has 0 spiro atoms. The van der Waals surface area contributed by atoms with Crippen molar-refractivity contribution in [2.45, 2.75) is 56.7 Å². The van der Waals surface area contributed by atoms with Gasteiger partial charge in [0.15, 0.2) is 0 Å². The zero-order valence-corrected chi connectivity index (χ0v) is 18.4. The number of ether oxygens (including phenoxy) is 3. The second-order valence-corrected chi connectivity index (χ2v) is 7.54. The Morgan fingerprint density at radius 1 is 0.912 bits per heavy atom. The first-order valence-electron chi connectivity index (χ1n) is 10.6. The van der Waals surface area contributed by atoms with Gasteiger partial charge in [-0.25, -0.2) is 4.79 Å². The van der Waals surface area contributed by atoms with E-state index in [-0.39, 0.29) is 24.6 Å². The van der Waals surface area contributed by atoms with Gasteiger partial charge in [0, 0.05) is 12.8 Å². The van der Waals surface area contributed by atoms with Crippen molar-refractivity contribution in [3.8, 4) is 5.75 Å². The van der Waals surface area contributed by atoms with Gasteiger partial charge in [-0.3, -0.25) is 4.79 Å². The first-order valence-corrected chi connectivity index (χ1v) is 10.6. The molecule has 0 aliphatic heterocycles. The van der Waals surface area contributed by atoms with E-state index >= 15 is 0 Å².